The molecule has 3 fully saturated rings. The molecule has 6 heteroatoms. The predicted molar refractivity (Wildman–Crippen MR) is 89.6 cm³/mol. The monoisotopic (exact) mass is 331 g/mol. The Bertz CT molecular complexity index is 562. The van der Waals surface area contributed by atoms with Gasteiger partial charge in [0.05, 0.1) is 30.5 Å². The molecule has 24 heavy (non-hydrogen) atoms. The third-order valence-corrected chi connectivity index (χ3v) is 5.51. The lowest BCUT2D eigenvalue weighted by atomic mass is 9.92. The Morgan fingerprint density at radius 3 is 3.00 bits per heavy atom. The average molecular weight is 331 g/mol. The highest BCUT2D eigenvalue weighted by Gasteiger charge is 2.47. The number of rotatable bonds is 4. The summed E-state index contributed by atoms with van der Waals surface area (Å²) in [6, 6.07) is 3.69. The van der Waals surface area contributed by atoms with E-state index in [-0.39, 0.29) is 17.9 Å². The number of ether oxygens (including phenoxy) is 2. The fourth-order valence-electron chi connectivity index (χ4n) is 4.18. The summed E-state index contributed by atoms with van der Waals surface area (Å²) in [4.78, 5) is 19.1. The zero-order valence-corrected chi connectivity index (χ0v) is 13.9. The van der Waals surface area contributed by atoms with E-state index in [4.69, 9.17) is 9.47 Å². The minimum absolute atomic E-state index is 0.0587. The van der Waals surface area contributed by atoms with Gasteiger partial charge in [0.25, 0.3) is 0 Å². The quantitative estimate of drug-likeness (QED) is 0.903. The molecular weight excluding hydrogens is 306 g/mol. The number of aromatic nitrogens is 1. The lowest BCUT2D eigenvalue weighted by Crippen LogP contribution is -2.34. The Labute approximate surface area is 142 Å². The smallest absolute Gasteiger partial charge is 0.230 e. The minimum Gasteiger partial charge on any atom is -0.381 e. The van der Waals surface area contributed by atoms with Gasteiger partial charge < -0.3 is 19.7 Å². The molecule has 4 heterocycles. The lowest BCUT2D eigenvalue weighted by Gasteiger charge is -2.27. The molecule has 0 saturated carbocycles. The van der Waals surface area contributed by atoms with Gasteiger partial charge in [0.15, 0.2) is 0 Å². The fourth-order valence-corrected chi connectivity index (χ4v) is 4.18. The molecule has 3 aliphatic rings. The van der Waals surface area contributed by atoms with E-state index in [1.807, 2.05) is 12.1 Å². The van der Waals surface area contributed by atoms with Gasteiger partial charge in [-0.05, 0) is 30.9 Å². The van der Waals surface area contributed by atoms with Crippen molar-refractivity contribution >= 4 is 11.6 Å². The van der Waals surface area contributed by atoms with Crippen molar-refractivity contribution in [3.8, 4) is 0 Å². The number of hydrogen-bond acceptors (Lipinski definition) is 5. The van der Waals surface area contributed by atoms with Crippen LogP contribution in [0.4, 0.5) is 5.69 Å². The number of pyridine rings is 1. The maximum atomic E-state index is 12.6. The van der Waals surface area contributed by atoms with Crippen molar-refractivity contribution in [3.05, 3.63) is 24.5 Å². The molecule has 0 radical (unpaired) electrons. The number of amides is 1. The van der Waals surface area contributed by atoms with Crippen molar-refractivity contribution in [1.29, 1.82) is 0 Å². The molecule has 0 spiro atoms. The standard InChI is InChI=1S/C18H25N3O3/c22-18(20-14-2-1-5-19-8-14)16-12-24-17-11-21(10-15(16)17)9-13-3-6-23-7-4-13/h1-2,5,8,13,15-17H,3-4,6-7,9-12H2,(H,20,22)/t15-,16+,17-/m1/s1. The molecule has 0 aromatic carbocycles. The Balaban J connectivity index is 1.33. The number of nitrogens with zero attached hydrogens (tertiary/aromatic N) is 2. The van der Waals surface area contributed by atoms with Crippen LogP contribution in [0.2, 0.25) is 0 Å². The molecule has 3 atom stereocenters. The van der Waals surface area contributed by atoms with Gasteiger partial charge >= 0.3 is 0 Å². The topological polar surface area (TPSA) is 63.7 Å². The summed E-state index contributed by atoms with van der Waals surface area (Å²) >= 11 is 0. The minimum atomic E-state index is -0.0603. The summed E-state index contributed by atoms with van der Waals surface area (Å²) in [5, 5.41) is 2.98. The first kappa shape index (κ1) is 16.0. The van der Waals surface area contributed by atoms with Gasteiger partial charge in [0.2, 0.25) is 5.91 Å². The number of carbonyl (C=O) groups excluding carboxylic acids is 1. The van der Waals surface area contributed by atoms with Gasteiger partial charge in [-0.1, -0.05) is 0 Å². The second-order valence-corrected chi connectivity index (χ2v) is 7.15. The molecule has 4 rings (SSSR count). The summed E-state index contributed by atoms with van der Waals surface area (Å²) in [7, 11) is 0. The van der Waals surface area contributed by atoms with E-state index in [9.17, 15) is 4.79 Å². The SMILES string of the molecule is O=C(Nc1cccnc1)[C@H]1CO[C@@H]2CN(CC3CCOCC3)C[C@H]12. The van der Waals surface area contributed by atoms with Crippen molar-refractivity contribution in [2.45, 2.75) is 18.9 Å². The van der Waals surface area contributed by atoms with Crippen LogP contribution in [0.15, 0.2) is 24.5 Å². The first-order valence-corrected chi connectivity index (χ1v) is 8.92. The van der Waals surface area contributed by atoms with Gasteiger partial charge in [-0.25, -0.2) is 0 Å². The fraction of sp³-hybridized carbons (Fsp3) is 0.667. The predicted octanol–water partition coefficient (Wildman–Crippen LogP) is 1.39. The Kier molecular flexibility index (Phi) is 4.78. The second-order valence-electron chi connectivity index (χ2n) is 7.15. The first-order chi connectivity index (χ1) is 11.8. The van der Waals surface area contributed by atoms with Gasteiger partial charge in [-0.15, -0.1) is 0 Å². The van der Waals surface area contributed by atoms with E-state index in [2.05, 4.69) is 15.2 Å². The first-order valence-electron chi connectivity index (χ1n) is 8.92. The number of carbonyl (C=O) groups is 1. The van der Waals surface area contributed by atoms with Gasteiger partial charge in [-0.3, -0.25) is 9.78 Å². The molecule has 3 aliphatic heterocycles. The summed E-state index contributed by atoms with van der Waals surface area (Å²) < 4.78 is 11.4. The average Bonchev–Trinajstić information content (AvgIpc) is 3.16. The molecule has 1 amide bonds. The number of nitrogens with one attached hydrogen (secondary N) is 1. The Morgan fingerprint density at radius 1 is 1.33 bits per heavy atom. The maximum Gasteiger partial charge on any atom is 0.230 e. The lowest BCUT2D eigenvalue weighted by molar-refractivity contribution is -0.120. The van der Waals surface area contributed by atoms with Crippen molar-refractivity contribution < 1.29 is 14.3 Å². The van der Waals surface area contributed by atoms with Crippen molar-refractivity contribution in [2.75, 3.05) is 44.8 Å². The zero-order valence-electron chi connectivity index (χ0n) is 13.9. The highest BCUT2D eigenvalue weighted by molar-refractivity contribution is 5.92. The van der Waals surface area contributed by atoms with Crippen molar-refractivity contribution in [2.24, 2.45) is 17.8 Å². The summed E-state index contributed by atoms with van der Waals surface area (Å²) in [6.45, 7) is 5.34. The molecule has 0 aliphatic carbocycles. The Morgan fingerprint density at radius 2 is 2.21 bits per heavy atom. The van der Waals surface area contributed by atoms with E-state index in [1.54, 1.807) is 12.4 Å². The number of anilines is 1. The highest BCUT2D eigenvalue weighted by atomic mass is 16.5. The molecule has 1 aromatic rings. The molecule has 6 nitrogen and oxygen atoms in total. The molecule has 130 valence electrons. The molecule has 0 bridgehead atoms. The molecule has 3 saturated heterocycles. The normalized spacial score (nSPS) is 31.1. The third-order valence-electron chi connectivity index (χ3n) is 5.51. The third kappa shape index (κ3) is 3.45. The molecule has 1 N–H and O–H groups in total. The van der Waals surface area contributed by atoms with E-state index < -0.39 is 0 Å². The van der Waals surface area contributed by atoms with Crippen LogP contribution >= 0.6 is 0 Å². The van der Waals surface area contributed by atoms with Crippen LogP contribution < -0.4 is 5.32 Å². The Hall–Kier alpha value is -1.50. The van der Waals surface area contributed by atoms with Crippen LogP contribution in [0.1, 0.15) is 12.8 Å². The highest BCUT2D eigenvalue weighted by Crippen LogP contribution is 2.35. The van der Waals surface area contributed by atoms with E-state index in [0.717, 1.165) is 57.3 Å². The van der Waals surface area contributed by atoms with E-state index in [0.29, 0.717) is 12.5 Å². The van der Waals surface area contributed by atoms with Crippen LogP contribution in [-0.2, 0) is 14.3 Å². The maximum absolute atomic E-state index is 12.6. The molecule has 0 unspecified atom stereocenters. The number of hydrogen-bond donors (Lipinski definition) is 1. The van der Waals surface area contributed by atoms with Crippen LogP contribution in [-0.4, -0.2) is 61.3 Å². The summed E-state index contributed by atoms with van der Waals surface area (Å²) in [5.74, 6) is 1.03. The van der Waals surface area contributed by atoms with Gasteiger partial charge in [0, 0.05) is 45.0 Å². The zero-order chi connectivity index (χ0) is 16.4. The molecular formula is C18H25N3O3. The van der Waals surface area contributed by atoms with Crippen LogP contribution in [0.5, 0.6) is 0 Å². The molecule has 1 aromatic heterocycles. The van der Waals surface area contributed by atoms with Crippen LogP contribution in [0.3, 0.4) is 0 Å². The largest absolute Gasteiger partial charge is 0.381 e. The van der Waals surface area contributed by atoms with E-state index >= 15 is 0 Å². The van der Waals surface area contributed by atoms with E-state index in [1.165, 1.54) is 0 Å². The van der Waals surface area contributed by atoms with Gasteiger partial charge in [-0.2, -0.15) is 0 Å². The summed E-state index contributed by atoms with van der Waals surface area (Å²) in [6.07, 6.45) is 5.89. The van der Waals surface area contributed by atoms with Gasteiger partial charge in [0.1, 0.15) is 0 Å². The summed E-state index contributed by atoms with van der Waals surface area (Å²) in [5.41, 5.74) is 0.753. The van der Waals surface area contributed by atoms with Crippen molar-refractivity contribution in [1.82, 2.24) is 9.88 Å². The van der Waals surface area contributed by atoms with Crippen LogP contribution in [0, 0.1) is 17.8 Å². The second kappa shape index (κ2) is 7.17. The van der Waals surface area contributed by atoms with Crippen molar-refractivity contribution in [3.63, 3.8) is 0 Å². The van der Waals surface area contributed by atoms with Crippen LogP contribution in [0.25, 0.3) is 0 Å². The number of likely N-dealkylation sites (tertiary alicyclic amines) is 1. The number of fused-ring (bicyclic) bond motifs is 1.